The number of hydrogen-bond acceptors (Lipinski definition) is 7. The second kappa shape index (κ2) is 9.11. The number of carbonyl (C=O) groups excluding carboxylic acids is 2. The molecule has 2 N–H and O–H groups in total. The van der Waals surface area contributed by atoms with Crippen molar-refractivity contribution >= 4 is 33.6 Å². The van der Waals surface area contributed by atoms with Crippen LogP contribution in [-0.4, -0.2) is 34.6 Å². The van der Waals surface area contributed by atoms with E-state index in [1.807, 2.05) is 18.2 Å². The van der Waals surface area contributed by atoms with Crippen LogP contribution < -0.4 is 11.3 Å². The van der Waals surface area contributed by atoms with Crippen LogP contribution in [0.3, 0.4) is 0 Å². The quantitative estimate of drug-likeness (QED) is 0.341. The second-order valence-electron chi connectivity index (χ2n) is 9.20. The van der Waals surface area contributed by atoms with Gasteiger partial charge in [-0.1, -0.05) is 41.9 Å². The molecule has 8 nitrogen and oxygen atoms in total. The SMILES string of the molecule is COC(=O)c1ccc2c(c1)c1noc(C)c1c(=O)n2C1CCCC(C(N)C(=O)c2ccccc2)C1. The fourth-order valence-corrected chi connectivity index (χ4v) is 5.35. The van der Waals surface area contributed by atoms with Crippen molar-refractivity contribution in [2.75, 3.05) is 7.11 Å². The van der Waals surface area contributed by atoms with Crippen LogP contribution in [0, 0.1) is 12.8 Å². The number of benzene rings is 2. The number of hydrogen-bond donors (Lipinski definition) is 1. The summed E-state index contributed by atoms with van der Waals surface area (Å²) < 4.78 is 12.0. The minimum atomic E-state index is -0.644. The average Bonchev–Trinajstić information content (AvgIpc) is 3.30. The molecule has 5 rings (SSSR count). The Balaban J connectivity index is 1.58. The van der Waals surface area contributed by atoms with Crippen molar-refractivity contribution in [2.45, 2.75) is 44.7 Å². The van der Waals surface area contributed by atoms with Gasteiger partial charge in [-0.3, -0.25) is 9.59 Å². The smallest absolute Gasteiger partial charge is 0.337 e. The topological polar surface area (TPSA) is 117 Å². The molecule has 2 aromatic carbocycles. The van der Waals surface area contributed by atoms with Crippen molar-refractivity contribution in [1.29, 1.82) is 0 Å². The summed E-state index contributed by atoms with van der Waals surface area (Å²) in [6.07, 6.45) is 3.06. The molecular weight excluding hydrogens is 446 g/mol. The third-order valence-corrected chi connectivity index (χ3v) is 7.15. The molecule has 2 heterocycles. The predicted molar refractivity (Wildman–Crippen MR) is 132 cm³/mol. The van der Waals surface area contributed by atoms with Crippen LogP contribution in [-0.2, 0) is 4.74 Å². The Morgan fingerprint density at radius 3 is 2.66 bits per heavy atom. The summed E-state index contributed by atoms with van der Waals surface area (Å²) in [5.74, 6) is -0.188. The average molecular weight is 474 g/mol. The molecule has 3 atom stereocenters. The van der Waals surface area contributed by atoms with Crippen LogP contribution in [0.25, 0.3) is 21.8 Å². The van der Waals surface area contributed by atoms with Crippen LogP contribution in [0.4, 0.5) is 0 Å². The number of esters is 1. The number of methoxy groups -OCH3 is 1. The van der Waals surface area contributed by atoms with Crippen molar-refractivity contribution in [1.82, 2.24) is 9.72 Å². The van der Waals surface area contributed by atoms with Gasteiger partial charge in [0, 0.05) is 17.0 Å². The van der Waals surface area contributed by atoms with Gasteiger partial charge < -0.3 is 19.6 Å². The lowest BCUT2D eigenvalue weighted by Gasteiger charge is -2.34. The van der Waals surface area contributed by atoms with E-state index in [1.165, 1.54) is 7.11 Å². The molecule has 0 aliphatic heterocycles. The monoisotopic (exact) mass is 473 g/mol. The summed E-state index contributed by atoms with van der Waals surface area (Å²) in [6, 6.07) is 13.4. The summed E-state index contributed by atoms with van der Waals surface area (Å²) in [5.41, 5.74) is 8.33. The summed E-state index contributed by atoms with van der Waals surface area (Å²) >= 11 is 0. The fourth-order valence-electron chi connectivity index (χ4n) is 5.35. The van der Waals surface area contributed by atoms with E-state index >= 15 is 0 Å². The molecular formula is C27H27N3O5. The van der Waals surface area contributed by atoms with E-state index in [0.717, 1.165) is 19.3 Å². The molecule has 0 radical (unpaired) electrons. The number of aromatic nitrogens is 2. The first-order chi connectivity index (χ1) is 16.9. The normalized spacial score (nSPS) is 19.1. The fraction of sp³-hybridized carbons (Fsp3) is 0.333. The summed E-state index contributed by atoms with van der Waals surface area (Å²) in [7, 11) is 1.32. The minimum Gasteiger partial charge on any atom is -0.465 e. The molecule has 0 amide bonds. The van der Waals surface area contributed by atoms with Crippen molar-refractivity contribution in [3.8, 4) is 0 Å². The number of aryl methyl sites for hydroxylation is 1. The molecule has 4 aromatic rings. The van der Waals surface area contributed by atoms with Gasteiger partial charge in [-0.2, -0.15) is 0 Å². The van der Waals surface area contributed by atoms with Gasteiger partial charge in [0.25, 0.3) is 5.56 Å². The Bertz CT molecular complexity index is 1490. The molecule has 2 aromatic heterocycles. The van der Waals surface area contributed by atoms with E-state index < -0.39 is 12.0 Å². The Hall–Kier alpha value is -3.78. The zero-order chi connectivity index (χ0) is 24.7. The van der Waals surface area contributed by atoms with Crippen molar-refractivity contribution < 1.29 is 18.8 Å². The summed E-state index contributed by atoms with van der Waals surface area (Å²) in [4.78, 5) is 38.9. The first-order valence-electron chi connectivity index (χ1n) is 11.8. The Morgan fingerprint density at radius 2 is 1.91 bits per heavy atom. The third-order valence-electron chi connectivity index (χ3n) is 7.15. The number of ether oxygens (including phenoxy) is 1. The van der Waals surface area contributed by atoms with E-state index in [-0.39, 0.29) is 23.3 Å². The Labute approximate surface area is 201 Å². The standard InChI is InChI=1S/C27H27N3O5/c1-15-22-24(29-35-15)20-14-18(27(33)34-2)11-12-21(20)30(26(22)32)19-10-6-9-17(13-19)23(28)25(31)16-7-4-3-5-8-16/h3-5,7-8,11-12,14,17,19,23H,6,9-10,13,28H2,1-2H3. The lowest BCUT2D eigenvalue weighted by Crippen LogP contribution is -2.41. The first kappa shape index (κ1) is 23.0. The van der Waals surface area contributed by atoms with Crippen LogP contribution in [0.15, 0.2) is 57.8 Å². The Morgan fingerprint density at radius 1 is 1.14 bits per heavy atom. The molecule has 0 saturated heterocycles. The maximum Gasteiger partial charge on any atom is 0.337 e. The Kier molecular flexibility index (Phi) is 5.98. The molecule has 180 valence electrons. The van der Waals surface area contributed by atoms with Gasteiger partial charge in [0.2, 0.25) is 0 Å². The van der Waals surface area contributed by atoms with Crippen LogP contribution in [0.5, 0.6) is 0 Å². The second-order valence-corrected chi connectivity index (χ2v) is 9.20. The maximum atomic E-state index is 13.7. The summed E-state index contributed by atoms with van der Waals surface area (Å²) in [5, 5.41) is 5.15. The van der Waals surface area contributed by atoms with Gasteiger partial charge in [-0.25, -0.2) is 4.79 Å². The van der Waals surface area contributed by atoms with Gasteiger partial charge in [0.05, 0.1) is 24.2 Å². The number of carbonyl (C=O) groups is 2. The molecule has 35 heavy (non-hydrogen) atoms. The number of rotatable bonds is 5. The number of ketones is 1. The lowest BCUT2D eigenvalue weighted by atomic mass is 9.79. The molecule has 0 spiro atoms. The van der Waals surface area contributed by atoms with Crippen molar-refractivity contribution in [3.63, 3.8) is 0 Å². The zero-order valence-electron chi connectivity index (χ0n) is 19.7. The molecule has 1 saturated carbocycles. The van der Waals surface area contributed by atoms with E-state index in [9.17, 15) is 14.4 Å². The van der Waals surface area contributed by atoms with Gasteiger partial charge in [0.15, 0.2) is 5.78 Å². The molecule has 1 aliphatic carbocycles. The molecule has 1 aliphatic rings. The highest BCUT2D eigenvalue weighted by Crippen LogP contribution is 2.37. The summed E-state index contributed by atoms with van der Waals surface area (Å²) in [6.45, 7) is 1.70. The van der Waals surface area contributed by atoms with Gasteiger partial charge in [0.1, 0.15) is 16.7 Å². The van der Waals surface area contributed by atoms with Crippen molar-refractivity contribution in [3.05, 3.63) is 75.8 Å². The molecule has 8 heteroatoms. The van der Waals surface area contributed by atoms with Crippen LogP contribution in [0.1, 0.15) is 58.2 Å². The van der Waals surface area contributed by atoms with E-state index in [2.05, 4.69) is 5.16 Å². The van der Waals surface area contributed by atoms with Crippen LogP contribution in [0.2, 0.25) is 0 Å². The minimum absolute atomic E-state index is 0.0583. The highest BCUT2D eigenvalue weighted by Gasteiger charge is 2.33. The number of fused-ring (bicyclic) bond motifs is 3. The molecule has 3 unspecified atom stereocenters. The lowest BCUT2D eigenvalue weighted by molar-refractivity contribution is 0.0600. The first-order valence-corrected chi connectivity index (χ1v) is 11.8. The van der Waals surface area contributed by atoms with Gasteiger partial charge in [-0.15, -0.1) is 0 Å². The zero-order valence-corrected chi connectivity index (χ0v) is 19.7. The van der Waals surface area contributed by atoms with E-state index in [1.54, 1.807) is 41.8 Å². The number of nitrogens with two attached hydrogens (primary N) is 1. The number of pyridine rings is 1. The largest absolute Gasteiger partial charge is 0.465 e. The van der Waals surface area contributed by atoms with E-state index in [0.29, 0.717) is 45.1 Å². The van der Waals surface area contributed by atoms with Gasteiger partial charge in [-0.05, 0) is 50.3 Å². The number of nitrogens with zero attached hydrogens (tertiary/aromatic N) is 2. The van der Waals surface area contributed by atoms with Gasteiger partial charge >= 0.3 is 5.97 Å². The van der Waals surface area contributed by atoms with Crippen molar-refractivity contribution in [2.24, 2.45) is 11.7 Å². The maximum absolute atomic E-state index is 13.7. The highest BCUT2D eigenvalue weighted by atomic mass is 16.5. The molecule has 0 bridgehead atoms. The number of Topliss-reactive ketones (excluding diaryl/α,β-unsaturated/α-hetero) is 1. The highest BCUT2D eigenvalue weighted by molar-refractivity contribution is 6.06. The van der Waals surface area contributed by atoms with E-state index in [4.69, 9.17) is 15.0 Å². The van der Waals surface area contributed by atoms with Crippen LogP contribution >= 0.6 is 0 Å². The third kappa shape index (κ3) is 3.93. The molecule has 1 fully saturated rings. The predicted octanol–water partition coefficient (Wildman–Crippen LogP) is 4.18.